The normalized spacial score (nSPS) is 21.5. The number of nitrogens with two attached hydrogens (primary N) is 2. The lowest BCUT2D eigenvalue weighted by Gasteiger charge is -2.34. The summed E-state index contributed by atoms with van der Waals surface area (Å²) >= 11 is 0. The summed E-state index contributed by atoms with van der Waals surface area (Å²) in [5.41, 5.74) is 10.6. The van der Waals surface area contributed by atoms with Crippen molar-refractivity contribution in [3.05, 3.63) is 0 Å². The molecule has 1 aliphatic rings. The Labute approximate surface area is 99.6 Å². The fourth-order valence-corrected chi connectivity index (χ4v) is 2.56. The minimum atomic E-state index is -3.55. The van der Waals surface area contributed by atoms with Crippen LogP contribution in [0.25, 0.3) is 0 Å². The predicted molar refractivity (Wildman–Crippen MR) is 62.8 cm³/mol. The van der Waals surface area contributed by atoms with Crippen molar-refractivity contribution in [2.24, 2.45) is 11.0 Å². The summed E-state index contributed by atoms with van der Waals surface area (Å²) in [6, 6.07) is -0.554. The molecule has 1 heterocycles. The highest BCUT2D eigenvalue weighted by atomic mass is 31.2. The predicted octanol–water partition coefficient (Wildman–Crippen LogP) is -1.66. The van der Waals surface area contributed by atoms with Crippen molar-refractivity contribution < 1.29 is 14.2 Å². The van der Waals surface area contributed by atoms with E-state index in [4.69, 9.17) is 11.0 Å². The van der Waals surface area contributed by atoms with Gasteiger partial charge in [-0.1, -0.05) is 0 Å². The Kier molecular flexibility index (Phi) is 4.64. The van der Waals surface area contributed by atoms with Crippen LogP contribution in [-0.4, -0.2) is 42.7 Å². The molecule has 6 N–H and O–H groups in total. The maximum atomic E-state index is 11.9. The SMILES string of the molecule is CNC(=O)CN[C@H]1CCCN(P(N)(N)=O)C1=O. The topological polar surface area (TPSA) is 131 Å². The number of nitrogens with zero attached hydrogens (tertiary/aromatic N) is 1. The van der Waals surface area contributed by atoms with Gasteiger partial charge in [-0.25, -0.2) is 0 Å². The van der Waals surface area contributed by atoms with Crippen LogP contribution in [0.3, 0.4) is 0 Å². The summed E-state index contributed by atoms with van der Waals surface area (Å²) in [5, 5.41) is 5.22. The Morgan fingerprint density at radius 2 is 2.24 bits per heavy atom. The minimum Gasteiger partial charge on any atom is -0.358 e. The molecule has 0 aromatic rings. The van der Waals surface area contributed by atoms with Crippen molar-refractivity contribution in [2.75, 3.05) is 20.1 Å². The Balaban J connectivity index is 2.60. The lowest BCUT2D eigenvalue weighted by atomic mass is 10.1. The third kappa shape index (κ3) is 3.78. The van der Waals surface area contributed by atoms with Crippen molar-refractivity contribution >= 4 is 19.4 Å². The van der Waals surface area contributed by atoms with E-state index >= 15 is 0 Å². The molecule has 17 heavy (non-hydrogen) atoms. The van der Waals surface area contributed by atoms with E-state index in [2.05, 4.69) is 10.6 Å². The van der Waals surface area contributed by atoms with E-state index in [1.165, 1.54) is 7.05 Å². The highest BCUT2D eigenvalue weighted by Crippen LogP contribution is 2.35. The lowest BCUT2D eigenvalue weighted by Crippen LogP contribution is -2.52. The second-order valence-corrected chi connectivity index (χ2v) is 5.71. The highest BCUT2D eigenvalue weighted by Gasteiger charge is 2.35. The van der Waals surface area contributed by atoms with Crippen LogP contribution < -0.4 is 21.6 Å². The molecule has 0 aromatic heterocycles. The van der Waals surface area contributed by atoms with E-state index in [-0.39, 0.29) is 12.5 Å². The van der Waals surface area contributed by atoms with Gasteiger partial charge in [0, 0.05) is 13.6 Å². The second-order valence-electron chi connectivity index (χ2n) is 3.88. The molecule has 1 atom stereocenters. The second kappa shape index (κ2) is 5.59. The van der Waals surface area contributed by atoms with Gasteiger partial charge in [-0.3, -0.25) is 35.1 Å². The first kappa shape index (κ1) is 14.1. The van der Waals surface area contributed by atoms with Gasteiger partial charge >= 0.3 is 7.59 Å². The summed E-state index contributed by atoms with van der Waals surface area (Å²) in [6.07, 6.45) is 1.22. The molecule has 1 rings (SSSR count). The zero-order valence-electron chi connectivity index (χ0n) is 9.68. The average Bonchev–Trinajstić information content (AvgIpc) is 2.25. The number of carbonyl (C=O) groups excluding carboxylic acids is 2. The van der Waals surface area contributed by atoms with Crippen LogP contribution in [0, 0.1) is 0 Å². The van der Waals surface area contributed by atoms with E-state index in [9.17, 15) is 14.2 Å². The van der Waals surface area contributed by atoms with Gasteiger partial charge in [0.25, 0.3) is 0 Å². The molecular formula is C8H18N5O3P. The van der Waals surface area contributed by atoms with Gasteiger partial charge in [-0.15, -0.1) is 0 Å². The molecule has 0 spiro atoms. The molecule has 9 heteroatoms. The summed E-state index contributed by atoms with van der Waals surface area (Å²) in [4.78, 5) is 22.9. The van der Waals surface area contributed by atoms with Gasteiger partial charge in [0.2, 0.25) is 11.8 Å². The van der Waals surface area contributed by atoms with Gasteiger partial charge in [0.1, 0.15) is 0 Å². The smallest absolute Gasteiger partial charge is 0.302 e. The molecule has 1 aliphatic heterocycles. The van der Waals surface area contributed by atoms with E-state index in [0.29, 0.717) is 19.4 Å². The van der Waals surface area contributed by atoms with Crippen LogP contribution in [0.1, 0.15) is 12.8 Å². The van der Waals surface area contributed by atoms with Crippen molar-refractivity contribution in [3.8, 4) is 0 Å². The Hall–Kier alpha value is -0.950. The molecule has 98 valence electrons. The number of nitrogens with one attached hydrogen (secondary N) is 2. The first-order valence-corrected chi connectivity index (χ1v) is 7.09. The van der Waals surface area contributed by atoms with E-state index in [1.54, 1.807) is 0 Å². The fourth-order valence-electron chi connectivity index (χ4n) is 1.66. The third-order valence-corrected chi connectivity index (χ3v) is 3.73. The zero-order chi connectivity index (χ0) is 13.1. The molecule has 8 nitrogen and oxygen atoms in total. The Morgan fingerprint density at radius 3 is 2.76 bits per heavy atom. The molecular weight excluding hydrogens is 245 g/mol. The quantitative estimate of drug-likeness (QED) is 0.449. The number of rotatable bonds is 4. The van der Waals surface area contributed by atoms with Crippen LogP contribution in [0.5, 0.6) is 0 Å². The van der Waals surface area contributed by atoms with Crippen LogP contribution >= 0.6 is 7.59 Å². The van der Waals surface area contributed by atoms with Crippen molar-refractivity contribution in [2.45, 2.75) is 18.9 Å². The molecule has 0 aliphatic carbocycles. The number of piperidine rings is 1. The standard InChI is InChI=1S/C8H18N5O3P/c1-11-7(14)5-12-6-3-2-4-13(8(6)15)17(9,10)16/h6,12H,2-5H2,1H3,(H,11,14)(H4,9,10,16)/t6-/m0/s1. The maximum Gasteiger partial charge on any atom is 0.302 e. The number of amides is 2. The summed E-state index contributed by atoms with van der Waals surface area (Å²) in [7, 11) is -2.04. The highest BCUT2D eigenvalue weighted by molar-refractivity contribution is 7.57. The molecule has 0 saturated carbocycles. The Morgan fingerprint density at radius 1 is 1.59 bits per heavy atom. The minimum absolute atomic E-state index is 0.0280. The fraction of sp³-hybridized carbons (Fsp3) is 0.750. The van der Waals surface area contributed by atoms with Gasteiger partial charge in [0.05, 0.1) is 12.6 Å². The van der Waals surface area contributed by atoms with Gasteiger partial charge < -0.3 is 5.32 Å². The largest absolute Gasteiger partial charge is 0.358 e. The van der Waals surface area contributed by atoms with E-state index < -0.39 is 19.5 Å². The van der Waals surface area contributed by atoms with E-state index in [1.807, 2.05) is 0 Å². The number of hydrogen-bond donors (Lipinski definition) is 4. The zero-order valence-corrected chi connectivity index (χ0v) is 10.6. The first-order valence-electron chi connectivity index (χ1n) is 5.29. The summed E-state index contributed by atoms with van der Waals surface area (Å²) in [5.74, 6) is -0.632. The van der Waals surface area contributed by atoms with Crippen LogP contribution in [0.4, 0.5) is 0 Å². The van der Waals surface area contributed by atoms with Crippen molar-refractivity contribution in [3.63, 3.8) is 0 Å². The monoisotopic (exact) mass is 263 g/mol. The van der Waals surface area contributed by atoms with Crippen molar-refractivity contribution in [1.82, 2.24) is 15.3 Å². The van der Waals surface area contributed by atoms with Crippen molar-refractivity contribution in [1.29, 1.82) is 0 Å². The van der Waals surface area contributed by atoms with Gasteiger partial charge in [0.15, 0.2) is 0 Å². The molecule has 1 fully saturated rings. The van der Waals surface area contributed by atoms with Crippen LogP contribution in [0.2, 0.25) is 0 Å². The number of likely N-dealkylation sites (N-methyl/N-ethyl adjacent to an activating group) is 1. The molecule has 0 aromatic carbocycles. The Bertz CT molecular complexity index is 355. The summed E-state index contributed by atoms with van der Waals surface area (Å²) < 4.78 is 12.5. The van der Waals surface area contributed by atoms with Gasteiger partial charge in [-0.05, 0) is 12.8 Å². The van der Waals surface area contributed by atoms with Crippen LogP contribution in [-0.2, 0) is 14.2 Å². The molecule has 1 saturated heterocycles. The molecule has 0 radical (unpaired) electrons. The molecule has 0 unspecified atom stereocenters. The number of hydrogen-bond acceptors (Lipinski definition) is 4. The number of carbonyl (C=O) groups is 2. The van der Waals surface area contributed by atoms with Gasteiger partial charge in [-0.2, -0.15) is 0 Å². The van der Waals surface area contributed by atoms with Crippen LogP contribution in [0.15, 0.2) is 0 Å². The molecule has 0 bridgehead atoms. The molecule has 2 amide bonds. The van der Waals surface area contributed by atoms with E-state index in [0.717, 1.165) is 4.67 Å². The lowest BCUT2D eigenvalue weighted by molar-refractivity contribution is -0.131. The third-order valence-electron chi connectivity index (χ3n) is 2.58. The average molecular weight is 263 g/mol. The maximum absolute atomic E-state index is 11.9. The first-order chi connectivity index (χ1) is 7.86. The summed E-state index contributed by atoms with van der Waals surface area (Å²) in [6.45, 7) is 0.321.